The number of carbonyl (C=O) groups is 2. The number of aliphatic imine (C=N–C) groups is 1. The molecule has 0 heterocycles. The number of unbranched alkanes of at least 4 members (excludes halogenated alkanes) is 4. The molecule has 1 rings (SSSR count). The van der Waals surface area contributed by atoms with Gasteiger partial charge in [0.2, 0.25) is 0 Å². The van der Waals surface area contributed by atoms with E-state index in [1.165, 1.54) is 6.07 Å². The Balaban J connectivity index is 2.94. The lowest BCUT2D eigenvalue weighted by atomic mass is 10.1. The Labute approximate surface area is 202 Å². The number of nitrogens with zero attached hydrogens (tertiary/aromatic N) is 2. The monoisotopic (exact) mass is 479 g/mol. The molecule has 192 valence electrons. The molecule has 0 saturated heterocycles. The number of benzene rings is 1. The van der Waals surface area contributed by atoms with Gasteiger partial charge in [0, 0.05) is 25.7 Å². The van der Waals surface area contributed by atoms with Crippen LogP contribution in [0.1, 0.15) is 59.2 Å². The van der Waals surface area contributed by atoms with E-state index in [2.05, 4.69) is 10.3 Å². The van der Waals surface area contributed by atoms with Gasteiger partial charge >= 0.3 is 0 Å². The molecule has 0 fully saturated rings. The SMILES string of the molecule is CN(C)CCNC(=O)c1cc(C(N)=O)c(OCCCCCN=C(N)N)cc1OCCCCCN. The highest BCUT2D eigenvalue weighted by Gasteiger charge is 2.20. The number of nitrogens with two attached hydrogens (primary N) is 4. The third-order valence-corrected chi connectivity index (χ3v) is 4.90. The number of hydrogen-bond acceptors (Lipinski definition) is 7. The van der Waals surface area contributed by atoms with Gasteiger partial charge in [-0.1, -0.05) is 0 Å². The van der Waals surface area contributed by atoms with E-state index < -0.39 is 5.91 Å². The first kappa shape index (κ1) is 29.0. The van der Waals surface area contributed by atoms with Gasteiger partial charge in [0.1, 0.15) is 11.5 Å². The number of primary amides is 1. The van der Waals surface area contributed by atoms with Gasteiger partial charge in [-0.15, -0.1) is 0 Å². The zero-order valence-corrected chi connectivity index (χ0v) is 20.5. The summed E-state index contributed by atoms with van der Waals surface area (Å²) in [4.78, 5) is 30.8. The highest BCUT2D eigenvalue weighted by atomic mass is 16.5. The number of hydrogen-bond donors (Lipinski definition) is 5. The largest absolute Gasteiger partial charge is 0.493 e. The zero-order valence-electron chi connectivity index (χ0n) is 20.5. The van der Waals surface area contributed by atoms with Gasteiger partial charge in [0.05, 0.1) is 24.3 Å². The average Bonchev–Trinajstić information content (AvgIpc) is 2.77. The molecular formula is C23H41N7O4. The van der Waals surface area contributed by atoms with Crippen LogP contribution in [0.2, 0.25) is 0 Å². The van der Waals surface area contributed by atoms with Gasteiger partial charge < -0.3 is 42.6 Å². The highest BCUT2D eigenvalue weighted by Crippen LogP contribution is 2.30. The van der Waals surface area contributed by atoms with E-state index in [4.69, 9.17) is 32.4 Å². The summed E-state index contributed by atoms with van der Waals surface area (Å²) in [5.74, 6) is -0.308. The predicted octanol–water partition coefficient (Wildman–Crippen LogP) is 0.407. The molecule has 0 aromatic heterocycles. The maximum Gasteiger partial charge on any atom is 0.255 e. The van der Waals surface area contributed by atoms with Crippen molar-refractivity contribution in [1.29, 1.82) is 0 Å². The normalized spacial score (nSPS) is 10.7. The standard InChI is InChI=1S/C23H41N7O4/c1-30(2)12-11-28-22(32)18-15-17(21(25)31)19(16-20(18)34-13-7-3-5-9-24)33-14-8-4-6-10-29-23(26)27/h15-16H,3-14,24H2,1-2H3,(H2,25,31)(H,28,32)(H4,26,27,29). The van der Waals surface area contributed by atoms with Crippen molar-refractivity contribution in [2.45, 2.75) is 38.5 Å². The molecule has 11 nitrogen and oxygen atoms in total. The first-order valence-corrected chi connectivity index (χ1v) is 11.7. The Morgan fingerprint density at radius 2 is 1.53 bits per heavy atom. The lowest BCUT2D eigenvalue weighted by Crippen LogP contribution is -2.32. The summed E-state index contributed by atoms with van der Waals surface area (Å²) in [5, 5.41) is 2.85. The number of ether oxygens (including phenoxy) is 2. The lowest BCUT2D eigenvalue weighted by molar-refractivity contribution is 0.0946. The highest BCUT2D eigenvalue weighted by molar-refractivity contribution is 6.02. The topological polar surface area (TPSA) is 184 Å². The summed E-state index contributed by atoms with van der Waals surface area (Å²) in [6, 6.07) is 3.01. The molecule has 0 aliphatic rings. The Hall–Kier alpha value is -3.05. The van der Waals surface area contributed by atoms with E-state index in [-0.39, 0.29) is 23.0 Å². The molecule has 1 aromatic carbocycles. The number of amides is 2. The fourth-order valence-electron chi connectivity index (χ4n) is 3.04. The van der Waals surface area contributed by atoms with Crippen molar-refractivity contribution in [1.82, 2.24) is 10.2 Å². The summed E-state index contributed by atoms with van der Waals surface area (Å²) < 4.78 is 11.7. The Bertz CT molecular complexity index is 796. The molecule has 0 unspecified atom stereocenters. The number of likely N-dealkylation sites (N-methyl/N-ethyl adjacent to an activating group) is 1. The molecule has 11 heteroatoms. The first-order chi connectivity index (χ1) is 16.3. The summed E-state index contributed by atoms with van der Waals surface area (Å²) >= 11 is 0. The van der Waals surface area contributed by atoms with Crippen LogP contribution in [0.5, 0.6) is 11.5 Å². The maximum absolute atomic E-state index is 12.8. The van der Waals surface area contributed by atoms with Crippen LogP contribution < -0.4 is 37.7 Å². The second-order valence-electron chi connectivity index (χ2n) is 8.18. The van der Waals surface area contributed by atoms with Gasteiger partial charge in [0.15, 0.2) is 5.96 Å². The second kappa shape index (κ2) is 16.5. The van der Waals surface area contributed by atoms with Crippen LogP contribution >= 0.6 is 0 Å². The van der Waals surface area contributed by atoms with Crippen LogP contribution in [0, 0.1) is 0 Å². The smallest absolute Gasteiger partial charge is 0.255 e. The number of guanidine groups is 1. The minimum atomic E-state index is -0.681. The number of rotatable bonds is 18. The second-order valence-corrected chi connectivity index (χ2v) is 8.18. The van der Waals surface area contributed by atoms with Crippen molar-refractivity contribution in [2.24, 2.45) is 27.9 Å². The van der Waals surface area contributed by atoms with Crippen LogP contribution in [0.3, 0.4) is 0 Å². The zero-order chi connectivity index (χ0) is 25.3. The van der Waals surface area contributed by atoms with E-state index in [0.717, 1.165) is 38.5 Å². The minimum Gasteiger partial charge on any atom is -0.493 e. The Kier molecular flexibility index (Phi) is 14.1. The van der Waals surface area contributed by atoms with Crippen LogP contribution in [0.15, 0.2) is 17.1 Å². The minimum absolute atomic E-state index is 0.0729. The van der Waals surface area contributed by atoms with E-state index in [0.29, 0.717) is 50.9 Å². The number of nitrogens with one attached hydrogen (secondary N) is 1. The van der Waals surface area contributed by atoms with Crippen LogP contribution in [0.25, 0.3) is 0 Å². The van der Waals surface area contributed by atoms with E-state index in [9.17, 15) is 9.59 Å². The third-order valence-electron chi connectivity index (χ3n) is 4.90. The molecule has 34 heavy (non-hydrogen) atoms. The Morgan fingerprint density at radius 3 is 2.09 bits per heavy atom. The van der Waals surface area contributed by atoms with Crippen molar-refractivity contribution in [3.8, 4) is 11.5 Å². The van der Waals surface area contributed by atoms with Gasteiger partial charge in [-0.25, -0.2) is 0 Å². The van der Waals surface area contributed by atoms with Gasteiger partial charge in [0.25, 0.3) is 11.8 Å². The lowest BCUT2D eigenvalue weighted by Gasteiger charge is -2.17. The van der Waals surface area contributed by atoms with Gasteiger partial charge in [-0.2, -0.15) is 0 Å². The number of carbonyl (C=O) groups excluding carboxylic acids is 2. The Morgan fingerprint density at radius 1 is 0.912 bits per heavy atom. The molecule has 9 N–H and O–H groups in total. The summed E-state index contributed by atoms with van der Waals surface area (Å²) in [6.07, 6.45) is 5.01. The molecule has 0 bridgehead atoms. The van der Waals surface area contributed by atoms with Gasteiger partial charge in [-0.3, -0.25) is 14.6 Å². The fraction of sp³-hybridized carbons (Fsp3) is 0.609. The van der Waals surface area contributed by atoms with Crippen molar-refractivity contribution in [3.63, 3.8) is 0 Å². The van der Waals surface area contributed by atoms with Crippen molar-refractivity contribution in [3.05, 3.63) is 23.3 Å². The molecule has 0 spiro atoms. The van der Waals surface area contributed by atoms with E-state index >= 15 is 0 Å². The quantitative estimate of drug-likeness (QED) is 0.114. The molecule has 0 saturated carbocycles. The molecule has 0 aliphatic carbocycles. The molecule has 1 aromatic rings. The third kappa shape index (κ3) is 11.7. The van der Waals surface area contributed by atoms with E-state index in [1.54, 1.807) is 6.07 Å². The summed E-state index contributed by atoms with van der Waals surface area (Å²) in [6.45, 7) is 3.08. The van der Waals surface area contributed by atoms with Gasteiger partial charge in [-0.05, 0) is 65.2 Å². The fourth-order valence-corrected chi connectivity index (χ4v) is 3.04. The van der Waals surface area contributed by atoms with Crippen LogP contribution in [0.4, 0.5) is 0 Å². The predicted molar refractivity (Wildman–Crippen MR) is 134 cm³/mol. The first-order valence-electron chi connectivity index (χ1n) is 11.7. The van der Waals surface area contributed by atoms with Crippen LogP contribution in [-0.4, -0.2) is 76.2 Å². The summed E-state index contributed by atoms with van der Waals surface area (Å²) in [5.41, 5.74) is 22.1. The van der Waals surface area contributed by atoms with Crippen LogP contribution in [-0.2, 0) is 0 Å². The molecule has 0 radical (unpaired) electrons. The van der Waals surface area contributed by atoms with Crippen molar-refractivity contribution >= 4 is 17.8 Å². The molecule has 0 atom stereocenters. The maximum atomic E-state index is 12.8. The molecule has 0 aliphatic heterocycles. The molecular weight excluding hydrogens is 438 g/mol. The average molecular weight is 480 g/mol. The summed E-state index contributed by atoms with van der Waals surface area (Å²) in [7, 11) is 3.83. The molecule has 2 amide bonds. The van der Waals surface area contributed by atoms with Crippen molar-refractivity contribution in [2.75, 3.05) is 53.5 Å². The van der Waals surface area contributed by atoms with E-state index in [1.807, 2.05) is 19.0 Å². The van der Waals surface area contributed by atoms with Crippen molar-refractivity contribution < 1.29 is 19.1 Å².